The largest absolute Gasteiger partial charge is 0.397 e. The van der Waals surface area contributed by atoms with E-state index >= 15 is 0 Å². The van der Waals surface area contributed by atoms with Crippen molar-refractivity contribution in [1.29, 1.82) is 0 Å². The molecular formula is C15H21N3O. The van der Waals surface area contributed by atoms with E-state index in [1.54, 1.807) is 7.11 Å². The Labute approximate surface area is 114 Å². The Morgan fingerprint density at radius 3 is 2.74 bits per heavy atom. The van der Waals surface area contributed by atoms with Gasteiger partial charge in [0.15, 0.2) is 0 Å². The van der Waals surface area contributed by atoms with Gasteiger partial charge in [0.25, 0.3) is 0 Å². The highest BCUT2D eigenvalue weighted by atomic mass is 16.5. The molecule has 0 bridgehead atoms. The van der Waals surface area contributed by atoms with E-state index < -0.39 is 0 Å². The molecular weight excluding hydrogens is 238 g/mol. The van der Waals surface area contributed by atoms with Crippen molar-refractivity contribution in [3.8, 4) is 11.3 Å². The van der Waals surface area contributed by atoms with Crippen molar-refractivity contribution in [2.75, 3.05) is 31.8 Å². The maximum absolute atomic E-state index is 6.24. The molecule has 0 saturated carbocycles. The molecule has 1 heterocycles. The highest BCUT2D eigenvalue weighted by molar-refractivity contribution is 5.85. The monoisotopic (exact) mass is 259 g/mol. The molecule has 102 valence electrons. The zero-order valence-corrected chi connectivity index (χ0v) is 11.7. The van der Waals surface area contributed by atoms with E-state index in [9.17, 15) is 0 Å². The molecule has 0 saturated heterocycles. The van der Waals surface area contributed by atoms with Gasteiger partial charge in [-0.2, -0.15) is 0 Å². The summed E-state index contributed by atoms with van der Waals surface area (Å²) >= 11 is 0. The first-order valence-corrected chi connectivity index (χ1v) is 6.38. The Morgan fingerprint density at radius 1 is 1.37 bits per heavy atom. The van der Waals surface area contributed by atoms with Crippen molar-refractivity contribution >= 4 is 11.4 Å². The van der Waals surface area contributed by atoms with Gasteiger partial charge in [-0.3, -0.25) is 0 Å². The predicted octanol–water partition coefficient (Wildman–Crippen LogP) is 2.50. The number of hydrogen-bond acceptors (Lipinski definition) is 3. The van der Waals surface area contributed by atoms with Gasteiger partial charge in [-0.15, -0.1) is 0 Å². The van der Waals surface area contributed by atoms with Crippen LogP contribution < -0.4 is 11.1 Å². The van der Waals surface area contributed by atoms with Crippen LogP contribution in [0.5, 0.6) is 0 Å². The minimum Gasteiger partial charge on any atom is -0.397 e. The van der Waals surface area contributed by atoms with Gasteiger partial charge in [0, 0.05) is 38.7 Å². The second-order valence-electron chi connectivity index (χ2n) is 4.60. The Hall–Kier alpha value is -1.94. The first kappa shape index (κ1) is 13.5. The third-order valence-corrected chi connectivity index (χ3v) is 3.32. The highest BCUT2D eigenvalue weighted by Crippen LogP contribution is 2.33. The lowest BCUT2D eigenvalue weighted by Crippen LogP contribution is -2.03. The first-order chi connectivity index (χ1) is 9.17. The molecule has 0 spiro atoms. The van der Waals surface area contributed by atoms with Gasteiger partial charge in [0.2, 0.25) is 0 Å². The van der Waals surface area contributed by atoms with Crippen LogP contribution in [-0.2, 0) is 18.2 Å². The van der Waals surface area contributed by atoms with Crippen molar-refractivity contribution < 1.29 is 4.74 Å². The minimum absolute atomic E-state index is 0.708. The fraction of sp³-hybridized carbons (Fsp3) is 0.333. The summed E-state index contributed by atoms with van der Waals surface area (Å²) in [7, 11) is 5.63. The van der Waals surface area contributed by atoms with Crippen molar-refractivity contribution in [1.82, 2.24) is 4.57 Å². The number of nitrogens with two attached hydrogens (primary N) is 1. The van der Waals surface area contributed by atoms with Crippen LogP contribution in [0.1, 0.15) is 5.56 Å². The topological polar surface area (TPSA) is 52.2 Å². The summed E-state index contributed by atoms with van der Waals surface area (Å²) < 4.78 is 7.22. The molecule has 0 unspecified atom stereocenters. The van der Waals surface area contributed by atoms with E-state index in [-0.39, 0.29) is 0 Å². The molecule has 0 fully saturated rings. The standard InChI is InChI=1S/C15H21N3O/c1-17-13-10-11(6-8-19-3)9-12(15(13)16)14-5-4-7-18(14)2/h4-5,7,9-10,17H,6,8,16H2,1-3H3. The number of nitrogen functional groups attached to an aromatic ring is 1. The Bertz CT molecular complexity index is 561. The van der Waals surface area contributed by atoms with Crippen LogP contribution in [0, 0.1) is 0 Å². The Balaban J connectivity index is 2.49. The molecule has 0 aliphatic heterocycles. The Kier molecular flexibility index (Phi) is 4.12. The van der Waals surface area contributed by atoms with Gasteiger partial charge in [-0.05, 0) is 36.2 Å². The summed E-state index contributed by atoms with van der Waals surface area (Å²) in [4.78, 5) is 0. The summed E-state index contributed by atoms with van der Waals surface area (Å²) in [6.45, 7) is 0.708. The summed E-state index contributed by atoms with van der Waals surface area (Å²) in [5.74, 6) is 0. The molecule has 1 aromatic heterocycles. The van der Waals surface area contributed by atoms with Crippen molar-refractivity contribution in [2.24, 2.45) is 7.05 Å². The van der Waals surface area contributed by atoms with E-state index in [1.165, 1.54) is 5.56 Å². The first-order valence-electron chi connectivity index (χ1n) is 6.38. The fourth-order valence-corrected chi connectivity index (χ4v) is 2.24. The van der Waals surface area contributed by atoms with Crippen LogP contribution in [0.3, 0.4) is 0 Å². The summed E-state index contributed by atoms with van der Waals surface area (Å²) in [5, 5.41) is 3.16. The van der Waals surface area contributed by atoms with E-state index in [0.717, 1.165) is 29.1 Å². The minimum atomic E-state index is 0.708. The summed E-state index contributed by atoms with van der Waals surface area (Å²) in [5.41, 5.74) is 11.4. The number of benzene rings is 1. The number of hydrogen-bond donors (Lipinski definition) is 2. The smallest absolute Gasteiger partial charge is 0.0644 e. The van der Waals surface area contributed by atoms with Gasteiger partial charge < -0.3 is 20.4 Å². The molecule has 0 amide bonds. The third kappa shape index (κ3) is 2.74. The second kappa shape index (κ2) is 5.80. The summed E-state index contributed by atoms with van der Waals surface area (Å²) in [6.07, 6.45) is 2.90. The zero-order chi connectivity index (χ0) is 13.8. The maximum Gasteiger partial charge on any atom is 0.0644 e. The number of ether oxygens (including phenoxy) is 1. The Morgan fingerprint density at radius 2 is 2.16 bits per heavy atom. The maximum atomic E-state index is 6.24. The van der Waals surface area contributed by atoms with Crippen LogP contribution in [0.4, 0.5) is 11.4 Å². The van der Waals surface area contributed by atoms with E-state index in [4.69, 9.17) is 10.5 Å². The quantitative estimate of drug-likeness (QED) is 0.811. The SMILES string of the molecule is CNc1cc(CCOC)cc(-c2cccn2C)c1N. The molecule has 2 aromatic rings. The molecule has 19 heavy (non-hydrogen) atoms. The van der Waals surface area contributed by atoms with Crippen molar-refractivity contribution in [3.05, 3.63) is 36.0 Å². The molecule has 0 aliphatic carbocycles. The number of anilines is 2. The van der Waals surface area contributed by atoms with Gasteiger partial charge >= 0.3 is 0 Å². The van der Waals surface area contributed by atoms with Crippen LogP contribution >= 0.6 is 0 Å². The lowest BCUT2D eigenvalue weighted by molar-refractivity contribution is 0.202. The number of nitrogens with zero attached hydrogens (tertiary/aromatic N) is 1. The highest BCUT2D eigenvalue weighted by Gasteiger charge is 2.11. The van der Waals surface area contributed by atoms with Crippen molar-refractivity contribution in [2.45, 2.75) is 6.42 Å². The van der Waals surface area contributed by atoms with Crippen LogP contribution in [0.2, 0.25) is 0 Å². The van der Waals surface area contributed by atoms with Crippen molar-refractivity contribution in [3.63, 3.8) is 0 Å². The van der Waals surface area contributed by atoms with Crippen LogP contribution in [0.15, 0.2) is 30.5 Å². The molecule has 3 N–H and O–H groups in total. The molecule has 0 atom stereocenters. The van der Waals surface area contributed by atoms with Gasteiger partial charge in [0.1, 0.15) is 0 Å². The average molecular weight is 259 g/mol. The zero-order valence-electron chi connectivity index (χ0n) is 11.7. The van der Waals surface area contributed by atoms with E-state index in [2.05, 4.69) is 28.1 Å². The van der Waals surface area contributed by atoms with Crippen LogP contribution in [-0.4, -0.2) is 25.3 Å². The normalized spacial score (nSPS) is 10.7. The van der Waals surface area contributed by atoms with E-state index in [1.807, 2.05) is 26.4 Å². The molecule has 1 aromatic carbocycles. The number of methoxy groups -OCH3 is 1. The third-order valence-electron chi connectivity index (χ3n) is 3.32. The number of aryl methyl sites for hydroxylation is 1. The molecule has 0 aliphatic rings. The number of nitrogens with one attached hydrogen (secondary N) is 1. The summed E-state index contributed by atoms with van der Waals surface area (Å²) in [6, 6.07) is 8.33. The van der Waals surface area contributed by atoms with Gasteiger partial charge in [0.05, 0.1) is 18.0 Å². The van der Waals surface area contributed by atoms with Gasteiger partial charge in [-0.1, -0.05) is 0 Å². The fourth-order valence-electron chi connectivity index (χ4n) is 2.24. The predicted molar refractivity (Wildman–Crippen MR) is 80.4 cm³/mol. The second-order valence-corrected chi connectivity index (χ2v) is 4.60. The van der Waals surface area contributed by atoms with E-state index in [0.29, 0.717) is 6.61 Å². The van der Waals surface area contributed by atoms with Gasteiger partial charge in [-0.25, -0.2) is 0 Å². The lowest BCUT2D eigenvalue weighted by Gasteiger charge is -2.14. The lowest BCUT2D eigenvalue weighted by atomic mass is 10.0. The molecule has 0 radical (unpaired) electrons. The molecule has 2 rings (SSSR count). The molecule has 4 heteroatoms. The average Bonchev–Trinajstić information content (AvgIpc) is 2.83. The number of aromatic nitrogens is 1. The van der Waals surface area contributed by atoms with Crippen LogP contribution in [0.25, 0.3) is 11.3 Å². The number of rotatable bonds is 5. The molecule has 4 nitrogen and oxygen atoms in total.